The summed E-state index contributed by atoms with van der Waals surface area (Å²) in [6.07, 6.45) is 22.1. The van der Waals surface area contributed by atoms with Crippen molar-refractivity contribution in [2.75, 3.05) is 26.4 Å². The molecule has 0 unspecified atom stereocenters. The molecule has 404 valence electrons. The molecule has 2 aliphatic rings. The number of carbonyl (C=O) groups excluding carboxylic acids is 1. The zero-order valence-corrected chi connectivity index (χ0v) is 45.1. The smallest absolute Gasteiger partial charge is 0.307 e. The zero-order chi connectivity index (χ0) is 53.1. The van der Waals surface area contributed by atoms with Crippen LogP contribution in [0.15, 0.2) is 47.3 Å². The van der Waals surface area contributed by atoms with E-state index in [9.17, 15) is 14.7 Å². The van der Waals surface area contributed by atoms with Crippen molar-refractivity contribution in [2.45, 2.75) is 240 Å². The van der Waals surface area contributed by atoms with Crippen molar-refractivity contribution in [3.63, 3.8) is 0 Å². The molecular weight excluding hydrogens is 934 g/mol. The summed E-state index contributed by atoms with van der Waals surface area (Å²) in [5, 5.41) is 18.8. The molecule has 15 nitrogen and oxygen atoms in total. The van der Waals surface area contributed by atoms with Crippen molar-refractivity contribution in [2.24, 2.45) is 9.98 Å². The molecule has 2 rings (SSSR count). The maximum Gasteiger partial charge on any atom is 0.307 e. The lowest BCUT2D eigenvalue weighted by Gasteiger charge is -2.43. The Labute approximate surface area is 437 Å². The fraction of sp³-hybridized carbons (Fsp3) is 0.804. The van der Waals surface area contributed by atoms with E-state index in [4.69, 9.17) is 54.3 Å². The van der Waals surface area contributed by atoms with Crippen molar-refractivity contribution >= 4 is 61.3 Å². The summed E-state index contributed by atoms with van der Waals surface area (Å²) in [4.78, 5) is 30.9. The van der Waals surface area contributed by atoms with Crippen LogP contribution in [0.5, 0.6) is 0 Å². The standard InChI is InChI=1S/C24H43BNO6S.C22H41BNO5S.C4H6O2.CH4/c1-6-8-9-10-11-12-13-14-16-28-23-21(26-18(3)4)24(29-15-7-2)32-20(17-30-33-25)22(23)31-19(5)27;1-5-7-8-9-10-11-12-13-15-26-21-19(24-17(3)4)22(27-14-6-2)29-18(20(21)25)16-28-30-23;1-2-3-4(5)6;/h7,15,20-25H,6,8-14,16-17H2,1-5H3;6,14,18-23,25H,5,7-13,15-16H2,1-4H3;2H,1,3H2,(H,5,6);1H4/b15-7-;14-6-;;/t20-,21-,22-,23-,24+;18-,19-,20-,21-,22+;;/m11../s1/i25T;23T;;. The van der Waals surface area contributed by atoms with Gasteiger partial charge in [-0.1, -0.05) is 153 Å². The fourth-order valence-electron chi connectivity index (χ4n) is 7.44. The lowest BCUT2D eigenvalue weighted by molar-refractivity contribution is -0.261. The van der Waals surface area contributed by atoms with Crippen LogP contribution in [0.1, 0.15) is 179 Å². The lowest BCUT2D eigenvalue weighted by Crippen LogP contribution is -2.60. The summed E-state index contributed by atoms with van der Waals surface area (Å²) in [5.41, 5.74) is 1.71. The van der Waals surface area contributed by atoms with E-state index in [0.717, 1.165) is 75.1 Å². The van der Waals surface area contributed by atoms with Gasteiger partial charge in [-0.2, -0.15) is 0 Å². The summed E-state index contributed by atoms with van der Waals surface area (Å²) < 4.78 is 66.8. The second-order valence-corrected chi connectivity index (χ2v) is 18.1. The van der Waals surface area contributed by atoms with E-state index in [2.05, 4.69) is 25.4 Å². The van der Waals surface area contributed by atoms with Crippen molar-refractivity contribution in [1.82, 2.24) is 0 Å². The van der Waals surface area contributed by atoms with Gasteiger partial charge in [0, 0.05) is 31.6 Å². The predicted octanol–water partition coefficient (Wildman–Crippen LogP) is 10.8. The number of allylic oxidation sites excluding steroid dienone is 2. The van der Waals surface area contributed by atoms with Crippen LogP contribution in [0, 0.1) is 0 Å². The van der Waals surface area contributed by atoms with E-state index in [1.54, 1.807) is 24.7 Å². The lowest BCUT2D eigenvalue weighted by atomic mass is 9.96. The number of aliphatic hydroxyl groups is 1. The van der Waals surface area contributed by atoms with Gasteiger partial charge in [-0.15, -0.1) is 6.58 Å². The van der Waals surface area contributed by atoms with Crippen molar-refractivity contribution < 1.29 is 61.3 Å². The number of carbonyl (C=O) groups is 2. The molecule has 2 aliphatic heterocycles. The first-order chi connectivity index (χ1) is 34.3. The maximum atomic E-state index is 11.9. The average Bonchev–Trinajstić information content (AvgIpc) is 3.32. The molecule has 2 fully saturated rings. The molecule has 0 saturated carbocycles. The first kappa shape index (κ1) is 65.7. The first-order valence-corrected chi connectivity index (χ1v) is 26.6. The normalized spacial score (nSPS) is 24.3. The maximum absolute atomic E-state index is 11.9. The van der Waals surface area contributed by atoms with E-state index in [1.807, 2.05) is 41.5 Å². The second-order valence-electron chi connectivity index (χ2n) is 17.3. The van der Waals surface area contributed by atoms with Gasteiger partial charge in [-0.05, 0) is 57.1 Å². The highest BCUT2D eigenvalue weighted by Crippen LogP contribution is 2.31. The minimum absolute atomic E-state index is 0. The minimum Gasteiger partial charge on any atom is -0.481 e. The van der Waals surface area contributed by atoms with Crippen LogP contribution in [0.25, 0.3) is 0 Å². The van der Waals surface area contributed by atoms with Gasteiger partial charge >= 0.3 is 11.9 Å². The number of carboxylic acid groups (broad SMARTS) is 1. The molecule has 19 heteroatoms. The molecule has 0 aromatic rings. The Morgan fingerprint density at radius 2 is 1.09 bits per heavy atom. The Morgan fingerprint density at radius 3 is 1.47 bits per heavy atom. The number of carboxylic acids is 1. The Kier molecular flexibility index (Phi) is 43.6. The Hall–Kier alpha value is -2.35. The summed E-state index contributed by atoms with van der Waals surface area (Å²) in [6.45, 7) is 21.7. The number of hydrogen-bond donors (Lipinski definition) is 2. The summed E-state index contributed by atoms with van der Waals surface area (Å²) >= 11 is 1.78. The van der Waals surface area contributed by atoms with Gasteiger partial charge in [0.15, 0.2) is 6.10 Å². The fourth-order valence-corrected chi connectivity index (χ4v) is 7.86. The van der Waals surface area contributed by atoms with Gasteiger partial charge in [0.05, 0.1) is 32.2 Å². The van der Waals surface area contributed by atoms with Gasteiger partial charge in [-0.25, -0.2) is 0 Å². The zero-order valence-electron chi connectivity index (χ0n) is 45.5. The van der Waals surface area contributed by atoms with Crippen LogP contribution < -0.4 is 0 Å². The van der Waals surface area contributed by atoms with Crippen LogP contribution >= 0.6 is 23.8 Å². The number of aliphatic carboxylic acids is 1. The third kappa shape index (κ3) is 33.4. The number of hydrogen-bond acceptors (Lipinski definition) is 16. The molecule has 70 heavy (non-hydrogen) atoms. The number of nitrogens with zero attached hydrogens (tertiary/aromatic N) is 2. The summed E-state index contributed by atoms with van der Waals surface area (Å²) in [6, 6.07) is -0.983. The van der Waals surface area contributed by atoms with Crippen LogP contribution in [-0.4, -0.2) is 138 Å². The monoisotopic (exact) mass is 1030 g/mol. The largest absolute Gasteiger partial charge is 0.481 e. The highest BCUT2D eigenvalue weighted by atomic mass is 32.2. The van der Waals surface area contributed by atoms with Gasteiger partial charge in [-0.3, -0.25) is 19.6 Å². The van der Waals surface area contributed by atoms with Gasteiger partial charge < -0.3 is 51.7 Å². The van der Waals surface area contributed by atoms with E-state index in [-0.39, 0.29) is 27.1 Å². The number of aliphatic hydroxyl groups excluding tert-OH is 1. The summed E-state index contributed by atoms with van der Waals surface area (Å²) in [5.74, 6) is -1.26. The number of esters is 1. The Bertz CT molecular complexity index is 1470. The third-order valence-corrected chi connectivity index (χ3v) is 11.2. The Balaban J connectivity index is 0. The molecule has 0 aromatic heterocycles. The van der Waals surface area contributed by atoms with E-state index < -0.39 is 73.2 Å². The van der Waals surface area contributed by atoms with Gasteiger partial charge in [0.2, 0.25) is 26.8 Å². The van der Waals surface area contributed by atoms with Crippen LogP contribution in [0.3, 0.4) is 0 Å². The SMILES string of the molecule is C.C=CCC(=O)O.[3H][B]SOC[C@H]1O[C@H](O/C=C\C)[C@H](N=C(C)C)[C@@H](OCCCCCCCCCC)[C@@H]1O.[3H][B]SOC[C@H]1O[C@H](O/C=C\C)[C@H](N=C(C)C)[C@@H](OCCCCCCCCCC)[C@@H]1OC(C)=O. The topological polar surface area (TPSA) is 182 Å². The molecule has 2 heterocycles. The third-order valence-electron chi connectivity index (χ3n) is 10.6. The average molecular weight is 1030 g/mol. The van der Waals surface area contributed by atoms with Gasteiger partial charge in [0.25, 0.3) is 0 Å². The first-order valence-electron chi connectivity index (χ1n) is 26.2. The molecule has 2 saturated heterocycles. The molecular formula is C51H94B2N2O13S2. The van der Waals surface area contributed by atoms with Crippen LogP contribution in [-0.2, 0) is 51.1 Å². The van der Waals surface area contributed by atoms with Gasteiger partial charge in [0.1, 0.15) is 42.6 Å². The number of unbranched alkanes of at least 4 members (excludes halogenated alkanes) is 14. The van der Waals surface area contributed by atoms with E-state index >= 15 is 0 Å². The van der Waals surface area contributed by atoms with Crippen LogP contribution in [0.4, 0.5) is 0 Å². The Morgan fingerprint density at radius 1 is 0.671 bits per heavy atom. The molecule has 2 N–H and O–H groups in total. The minimum atomic E-state index is -0.904. The molecule has 0 bridgehead atoms. The molecule has 0 aliphatic carbocycles. The number of aliphatic imine (C=N–C) groups is 2. The van der Waals surface area contributed by atoms with E-state index in [0.29, 0.717) is 13.2 Å². The highest BCUT2D eigenvalue weighted by Gasteiger charge is 2.50. The second kappa shape index (κ2) is 46.4. The number of rotatable bonds is 37. The quantitative estimate of drug-likeness (QED) is 0.0114. The van der Waals surface area contributed by atoms with Crippen LogP contribution in [0.2, 0.25) is 0 Å². The van der Waals surface area contributed by atoms with Crippen molar-refractivity contribution in [3.8, 4) is 0 Å². The number of ether oxygens (including phenoxy) is 7. The molecule has 0 spiro atoms. The molecule has 0 aromatic carbocycles. The van der Waals surface area contributed by atoms with E-state index in [1.165, 1.54) is 90.0 Å². The highest BCUT2D eigenvalue weighted by molar-refractivity contribution is 8.16. The molecule has 0 amide bonds. The predicted molar refractivity (Wildman–Crippen MR) is 291 cm³/mol. The summed E-state index contributed by atoms with van der Waals surface area (Å²) in [7, 11) is 2.17. The molecule has 10 atom stereocenters. The van der Waals surface area contributed by atoms with Crippen molar-refractivity contribution in [3.05, 3.63) is 37.3 Å². The van der Waals surface area contributed by atoms with Crippen molar-refractivity contribution in [1.29, 1.82) is 2.67 Å². The molecule has 2 radical (unpaired) electrons.